The number of nitrogens with one attached hydrogen (secondary N) is 2. The Bertz CT molecular complexity index is 1210. The summed E-state index contributed by atoms with van der Waals surface area (Å²) in [7, 11) is 0. The van der Waals surface area contributed by atoms with Gasteiger partial charge in [-0.05, 0) is 66.8 Å². The molecule has 1 aromatic carbocycles. The molecule has 1 saturated heterocycles. The van der Waals surface area contributed by atoms with E-state index in [0.717, 1.165) is 29.4 Å². The smallest absolute Gasteiger partial charge is 0.230 e. The fourth-order valence-corrected chi connectivity index (χ4v) is 5.33. The van der Waals surface area contributed by atoms with Crippen molar-refractivity contribution in [3.63, 3.8) is 0 Å². The van der Waals surface area contributed by atoms with Crippen molar-refractivity contribution in [2.75, 3.05) is 13.1 Å². The number of nitrogens with zero attached hydrogens (tertiary/aromatic N) is 2. The molecule has 1 saturated carbocycles. The van der Waals surface area contributed by atoms with Crippen molar-refractivity contribution in [3.05, 3.63) is 65.0 Å². The van der Waals surface area contributed by atoms with Gasteiger partial charge >= 0.3 is 0 Å². The third-order valence-electron chi connectivity index (χ3n) is 7.12. The molecule has 1 amide bonds. The topological polar surface area (TPSA) is 70.2 Å². The highest BCUT2D eigenvalue weighted by molar-refractivity contribution is 5.84. The summed E-state index contributed by atoms with van der Waals surface area (Å²) in [5.41, 5.74) is 2.13. The number of hydrogen-bond donors (Lipinski definition) is 2. The minimum Gasteiger partial charge on any atom is -0.365 e. The Labute approximate surface area is 184 Å². The first-order valence-electron chi connectivity index (χ1n) is 11.1. The van der Waals surface area contributed by atoms with Gasteiger partial charge in [0.1, 0.15) is 11.2 Å². The molecule has 6 rings (SSSR count). The van der Waals surface area contributed by atoms with Gasteiger partial charge in [-0.1, -0.05) is 0 Å². The van der Waals surface area contributed by atoms with Crippen LogP contribution in [-0.2, 0) is 28.3 Å². The second kappa shape index (κ2) is 7.35. The number of aromatic amines is 1. The van der Waals surface area contributed by atoms with Crippen LogP contribution < -0.4 is 5.32 Å². The highest BCUT2D eigenvalue weighted by Gasteiger charge is 2.53. The standard InChI is InChI=1S/C24H24F2N4O2/c25-20-8-14-13-32-24(18(14)9-21(20)26)5-7-27-11-19(24)23(31)30(16-3-4-16)12-15-10-29-22-17(15)2-1-6-28-22/h1-2,6,8-10,16,19,27H,3-5,7,11-13H2,(H,28,29)/t19-,24+/m1/s1. The van der Waals surface area contributed by atoms with E-state index in [4.69, 9.17) is 4.74 Å². The molecule has 1 aliphatic carbocycles. The van der Waals surface area contributed by atoms with Gasteiger partial charge in [0, 0.05) is 36.9 Å². The molecule has 166 valence electrons. The van der Waals surface area contributed by atoms with E-state index >= 15 is 0 Å². The van der Waals surface area contributed by atoms with Crippen LogP contribution in [0.3, 0.4) is 0 Å². The summed E-state index contributed by atoms with van der Waals surface area (Å²) in [6, 6.07) is 6.52. The lowest BCUT2D eigenvalue weighted by molar-refractivity contribution is -0.157. The summed E-state index contributed by atoms with van der Waals surface area (Å²) < 4.78 is 34.2. The number of piperidine rings is 1. The van der Waals surface area contributed by atoms with Crippen LogP contribution in [0.5, 0.6) is 0 Å². The molecule has 0 radical (unpaired) electrons. The number of hydrogen-bond acceptors (Lipinski definition) is 4. The number of H-pyrrole nitrogens is 1. The number of fused-ring (bicyclic) bond motifs is 3. The van der Waals surface area contributed by atoms with E-state index in [2.05, 4.69) is 15.3 Å². The van der Waals surface area contributed by atoms with Crippen LogP contribution in [-0.4, -0.2) is 39.9 Å². The maximum absolute atomic E-state index is 14.2. The van der Waals surface area contributed by atoms with Crippen molar-refractivity contribution < 1.29 is 18.3 Å². The second-order valence-electron chi connectivity index (χ2n) is 9.02. The molecule has 8 heteroatoms. The van der Waals surface area contributed by atoms with Crippen LogP contribution in [0.4, 0.5) is 8.78 Å². The van der Waals surface area contributed by atoms with E-state index in [-0.39, 0.29) is 18.6 Å². The van der Waals surface area contributed by atoms with E-state index in [1.54, 1.807) is 6.20 Å². The first-order chi connectivity index (χ1) is 15.6. The number of carbonyl (C=O) groups is 1. The zero-order valence-corrected chi connectivity index (χ0v) is 17.5. The van der Waals surface area contributed by atoms with Gasteiger partial charge in [-0.25, -0.2) is 13.8 Å². The van der Waals surface area contributed by atoms with Crippen LogP contribution in [0.25, 0.3) is 11.0 Å². The second-order valence-corrected chi connectivity index (χ2v) is 9.02. The largest absolute Gasteiger partial charge is 0.365 e. The van der Waals surface area contributed by atoms with Gasteiger partial charge in [0.2, 0.25) is 5.91 Å². The molecule has 1 spiro atoms. The molecule has 2 N–H and O–H groups in total. The third kappa shape index (κ3) is 3.04. The highest BCUT2D eigenvalue weighted by atomic mass is 19.2. The SMILES string of the molecule is O=C([C@H]1CNCC[C@@]12OCc1cc(F)c(F)cc12)N(Cc1c[nH]c2ncccc12)C1CC1. The molecule has 2 fully saturated rings. The summed E-state index contributed by atoms with van der Waals surface area (Å²) in [5, 5.41) is 4.32. The van der Waals surface area contributed by atoms with Gasteiger partial charge < -0.3 is 19.9 Å². The lowest BCUT2D eigenvalue weighted by Crippen LogP contribution is -2.55. The molecule has 0 bridgehead atoms. The number of halogens is 2. The van der Waals surface area contributed by atoms with Gasteiger partial charge in [-0.3, -0.25) is 4.79 Å². The number of pyridine rings is 1. The van der Waals surface area contributed by atoms with Gasteiger partial charge in [0.05, 0.1) is 12.5 Å². The zero-order valence-electron chi connectivity index (χ0n) is 17.5. The normalized spacial score (nSPS) is 24.8. The van der Waals surface area contributed by atoms with E-state index < -0.39 is 23.2 Å². The minimum absolute atomic E-state index is 0.00414. The van der Waals surface area contributed by atoms with Crippen molar-refractivity contribution in [1.29, 1.82) is 0 Å². The van der Waals surface area contributed by atoms with E-state index in [0.29, 0.717) is 37.2 Å². The van der Waals surface area contributed by atoms with Crippen molar-refractivity contribution in [2.45, 2.75) is 44.1 Å². The highest BCUT2D eigenvalue weighted by Crippen LogP contribution is 2.48. The maximum atomic E-state index is 14.2. The number of ether oxygens (including phenoxy) is 1. The Kier molecular flexibility index (Phi) is 4.55. The predicted octanol–water partition coefficient (Wildman–Crippen LogP) is 3.37. The van der Waals surface area contributed by atoms with Crippen molar-refractivity contribution >= 4 is 16.9 Å². The molecule has 3 aliphatic rings. The molecule has 6 nitrogen and oxygen atoms in total. The van der Waals surface area contributed by atoms with Crippen LogP contribution in [0.15, 0.2) is 36.7 Å². The van der Waals surface area contributed by atoms with Gasteiger partial charge in [-0.2, -0.15) is 0 Å². The van der Waals surface area contributed by atoms with E-state index in [9.17, 15) is 13.6 Å². The molecule has 2 aliphatic heterocycles. The average molecular weight is 438 g/mol. The summed E-state index contributed by atoms with van der Waals surface area (Å²) in [4.78, 5) is 23.4. The zero-order chi connectivity index (χ0) is 21.9. The lowest BCUT2D eigenvalue weighted by atomic mass is 9.75. The van der Waals surface area contributed by atoms with Gasteiger partial charge in [0.25, 0.3) is 0 Å². The fourth-order valence-electron chi connectivity index (χ4n) is 5.33. The van der Waals surface area contributed by atoms with Crippen LogP contribution in [0, 0.1) is 17.6 Å². The number of rotatable bonds is 4. The first kappa shape index (κ1) is 19.8. The van der Waals surface area contributed by atoms with Gasteiger partial charge in [-0.15, -0.1) is 0 Å². The first-order valence-corrected chi connectivity index (χ1v) is 11.1. The monoisotopic (exact) mass is 438 g/mol. The molecule has 4 heterocycles. The van der Waals surface area contributed by atoms with Crippen molar-refractivity contribution in [2.24, 2.45) is 5.92 Å². The average Bonchev–Trinajstić information content (AvgIpc) is 3.49. The van der Waals surface area contributed by atoms with Gasteiger partial charge in [0.15, 0.2) is 11.6 Å². The Morgan fingerprint density at radius 1 is 1.28 bits per heavy atom. The number of aromatic nitrogens is 2. The summed E-state index contributed by atoms with van der Waals surface area (Å²) >= 11 is 0. The molecule has 0 unspecified atom stereocenters. The van der Waals surface area contributed by atoms with E-state index in [1.165, 1.54) is 12.1 Å². The molecule has 32 heavy (non-hydrogen) atoms. The molecular weight excluding hydrogens is 414 g/mol. The minimum atomic E-state index is -0.929. The van der Waals surface area contributed by atoms with Crippen molar-refractivity contribution in [1.82, 2.24) is 20.2 Å². The number of benzene rings is 1. The molecule has 2 atom stereocenters. The summed E-state index contributed by atoms with van der Waals surface area (Å²) in [6.45, 7) is 1.76. The van der Waals surface area contributed by atoms with Crippen LogP contribution in [0.1, 0.15) is 36.0 Å². The molecule has 2 aromatic heterocycles. The Balaban J connectivity index is 1.36. The predicted molar refractivity (Wildman–Crippen MR) is 113 cm³/mol. The van der Waals surface area contributed by atoms with Crippen LogP contribution in [0.2, 0.25) is 0 Å². The quantitative estimate of drug-likeness (QED) is 0.655. The fraction of sp³-hybridized carbons (Fsp3) is 0.417. The lowest BCUT2D eigenvalue weighted by Gasteiger charge is -2.42. The Hall–Kier alpha value is -2.84. The Morgan fingerprint density at radius 3 is 2.97 bits per heavy atom. The third-order valence-corrected chi connectivity index (χ3v) is 7.12. The Morgan fingerprint density at radius 2 is 2.12 bits per heavy atom. The van der Waals surface area contributed by atoms with Crippen LogP contribution >= 0.6 is 0 Å². The maximum Gasteiger partial charge on any atom is 0.230 e. The molecule has 3 aromatic rings. The van der Waals surface area contributed by atoms with E-state index in [1.807, 2.05) is 23.2 Å². The summed E-state index contributed by atoms with van der Waals surface area (Å²) in [6.07, 6.45) is 6.13. The van der Waals surface area contributed by atoms with Crippen molar-refractivity contribution in [3.8, 4) is 0 Å². The summed E-state index contributed by atoms with van der Waals surface area (Å²) in [5.74, 6) is -2.29. The molecular formula is C24H24F2N4O2. The number of amides is 1. The number of carbonyl (C=O) groups excluding carboxylic acids is 1.